The first-order valence-electron chi connectivity index (χ1n) is 8.57. The molecular formula is C22H17N3O2. The molecule has 2 N–H and O–H groups in total. The molecule has 0 fully saturated rings. The zero-order chi connectivity index (χ0) is 18.6. The summed E-state index contributed by atoms with van der Waals surface area (Å²) < 4.78 is 0. The second-order valence-electron chi connectivity index (χ2n) is 6.14. The molecular weight excluding hydrogens is 338 g/mol. The van der Waals surface area contributed by atoms with Crippen LogP contribution in [0.4, 0.5) is 5.82 Å². The molecule has 5 nitrogen and oxygen atoms in total. The third-order valence-corrected chi connectivity index (χ3v) is 4.43. The third kappa shape index (κ3) is 3.48. The molecule has 0 bridgehead atoms. The molecule has 0 saturated heterocycles. The third-order valence-electron chi connectivity index (χ3n) is 4.43. The maximum Gasteiger partial charge on any atom is 0.336 e. The van der Waals surface area contributed by atoms with Crippen molar-refractivity contribution in [3.8, 4) is 11.1 Å². The summed E-state index contributed by atoms with van der Waals surface area (Å²) in [6.45, 7) is 0.613. The van der Waals surface area contributed by atoms with E-state index < -0.39 is 5.97 Å². The highest BCUT2D eigenvalue weighted by Crippen LogP contribution is 2.25. The Balaban J connectivity index is 1.54. The van der Waals surface area contributed by atoms with Crippen molar-refractivity contribution in [1.29, 1.82) is 0 Å². The summed E-state index contributed by atoms with van der Waals surface area (Å²) in [4.78, 5) is 20.0. The molecule has 0 radical (unpaired) electrons. The van der Waals surface area contributed by atoms with Crippen LogP contribution < -0.4 is 5.32 Å². The predicted molar refractivity (Wildman–Crippen MR) is 106 cm³/mol. The smallest absolute Gasteiger partial charge is 0.336 e. The average molecular weight is 355 g/mol. The second-order valence-corrected chi connectivity index (χ2v) is 6.14. The topological polar surface area (TPSA) is 75.1 Å². The fraction of sp³-hybridized carbons (Fsp3) is 0.0455. The molecule has 0 aliphatic rings. The summed E-state index contributed by atoms with van der Waals surface area (Å²) in [5.41, 5.74) is 3.87. The van der Waals surface area contributed by atoms with Gasteiger partial charge in [0, 0.05) is 11.9 Å². The number of aromatic nitrogens is 2. The minimum atomic E-state index is -0.924. The number of hydrogen-bond donors (Lipinski definition) is 2. The van der Waals surface area contributed by atoms with Crippen LogP contribution in [0.3, 0.4) is 0 Å². The number of para-hydroxylation sites is 1. The van der Waals surface area contributed by atoms with Gasteiger partial charge in [0.15, 0.2) is 0 Å². The molecule has 0 unspecified atom stereocenters. The van der Waals surface area contributed by atoms with Gasteiger partial charge < -0.3 is 10.4 Å². The summed E-state index contributed by atoms with van der Waals surface area (Å²) in [5.74, 6) is -0.132. The van der Waals surface area contributed by atoms with Crippen LogP contribution in [0.25, 0.3) is 22.0 Å². The first-order chi connectivity index (χ1) is 13.2. The molecule has 0 amide bonds. The molecule has 27 heavy (non-hydrogen) atoms. The first kappa shape index (κ1) is 16.7. The van der Waals surface area contributed by atoms with Crippen molar-refractivity contribution < 1.29 is 9.90 Å². The number of carboxylic acids is 1. The van der Waals surface area contributed by atoms with E-state index in [1.165, 1.54) is 0 Å². The summed E-state index contributed by atoms with van der Waals surface area (Å²) in [7, 11) is 0. The molecule has 5 heteroatoms. The number of carboxylic acid groups (broad SMARTS) is 1. The second kappa shape index (κ2) is 7.25. The van der Waals surface area contributed by atoms with Gasteiger partial charge in [0.05, 0.1) is 11.1 Å². The normalized spacial score (nSPS) is 10.7. The summed E-state index contributed by atoms with van der Waals surface area (Å²) in [6.07, 6.45) is 1.55. The minimum absolute atomic E-state index is 0.302. The molecule has 0 spiro atoms. The zero-order valence-corrected chi connectivity index (χ0v) is 14.5. The van der Waals surface area contributed by atoms with E-state index in [9.17, 15) is 9.90 Å². The van der Waals surface area contributed by atoms with Gasteiger partial charge in [-0.15, -0.1) is 0 Å². The van der Waals surface area contributed by atoms with Gasteiger partial charge >= 0.3 is 5.97 Å². The molecule has 0 atom stereocenters. The molecule has 3 aromatic carbocycles. The lowest BCUT2D eigenvalue weighted by molar-refractivity contribution is 0.0697. The maximum atomic E-state index is 11.4. The Hall–Kier alpha value is -3.73. The SMILES string of the molecule is O=C(O)c1ccccc1-c1ccc(CNc2ncnc3ccccc23)cc1. The van der Waals surface area contributed by atoms with Crippen LogP contribution in [0.2, 0.25) is 0 Å². The van der Waals surface area contributed by atoms with Crippen LogP contribution in [0.15, 0.2) is 79.1 Å². The lowest BCUT2D eigenvalue weighted by atomic mass is 9.99. The van der Waals surface area contributed by atoms with Crippen LogP contribution >= 0.6 is 0 Å². The number of nitrogens with zero attached hydrogens (tertiary/aromatic N) is 2. The van der Waals surface area contributed by atoms with Gasteiger partial charge in [0.1, 0.15) is 12.1 Å². The van der Waals surface area contributed by atoms with Crippen LogP contribution in [-0.4, -0.2) is 21.0 Å². The summed E-state index contributed by atoms with van der Waals surface area (Å²) >= 11 is 0. The van der Waals surface area contributed by atoms with E-state index in [0.29, 0.717) is 17.7 Å². The number of nitrogens with one attached hydrogen (secondary N) is 1. The predicted octanol–water partition coefficient (Wildman–Crippen LogP) is 4.61. The number of benzene rings is 3. The van der Waals surface area contributed by atoms with E-state index in [1.54, 1.807) is 18.5 Å². The van der Waals surface area contributed by atoms with E-state index in [2.05, 4.69) is 15.3 Å². The van der Waals surface area contributed by atoms with Crippen molar-refractivity contribution in [2.24, 2.45) is 0 Å². The van der Waals surface area contributed by atoms with Crippen LogP contribution in [0, 0.1) is 0 Å². The van der Waals surface area contributed by atoms with E-state index in [1.807, 2.05) is 60.7 Å². The zero-order valence-electron chi connectivity index (χ0n) is 14.5. The molecule has 0 aliphatic carbocycles. The Bertz CT molecular complexity index is 1100. The van der Waals surface area contributed by atoms with Crippen molar-refractivity contribution in [2.75, 3.05) is 5.32 Å². The minimum Gasteiger partial charge on any atom is -0.478 e. The number of hydrogen-bond acceptors (Lipinski definition) is 4. The molecule has 1 heterocycles. The summed E-state index contributed by atoms with van der Waals surface area (Å²) in [5, 5.41) is 13.7. The lowest BCUT2D eigenvalue weighted by Crippen LogP contribution is -2.03. The number of carbonyl (C=O) groups is 1. The number of anilines is 1. The van der Waals surface area contributed by atoms with Gasteiger partial charge in [0.2, 0.25) is 0 Å². The van der Waals surface area contributed by atoms with Crippen molar-refractivity contribution in [3.63, 3.8) is 0 Å². The lowest BCUT2D eigenvalue weighted by Gasteiger charge is -2.10. The Kier molecular flexibility index (Phi) is 4.49. The summed E-state index contributed by atoms with van der Waals surface area (Å²) in [6, 6.07) is 22.7. The van der Waals surface area contributed by atoms with Crippen LogP contribution in [0.1, 0.15) is 15.9 Å². The maximum absolute atomic E-state index is 11.4. The fourth-order valence-electron chi connectivity index (χ4n) is 3.05. The van der Waals surface area contributed by atoms with E-state index in [0.717, 1.165) is 27.8 Å². The molecule has 4 rings (SSSR count). The quantitative estimate of drug-likeness (QED) is 0.547. The Morgan fingerprint density at radius 2 is 1.63 bits per heavy atom. The number of fused-ring (bicyclic) bond motifs is 1. The van der Waals surface area contributed by atoms with Gasteiger partial charge in [-0.25, -0.2) is 14.8 Å². The number of aromatic carboxylic acids is 1. The highest BCUT2D eigenvalue weighted by molar-refractivity contribution is 5.96. The van der Waals surface area contributed by atoms with Crippen molar-refractivity contribution in [3.05, 3.63) is 90.3 Å². The van der Waals surface area contributed by atoms with Crippen molar-refractivity contribution in [2.45, 2.75) is 6.54 Å². The van der Waals surface area contributed by atoms with Crippen LogP contribution in [0.5, 0.6) is 0 Å². The average Bonchev–Trinajstić information content (AvgIpc) is 2.72. The Labute approximate surface area is 156 Å². The van der Waals surface area contributed by atoms with Crippen LogP contribution in [-0.2, 0) is 6.54 Å². The largest absolute Gasteiger partial charge is 0.478 e. The molecule has 4 aromatic rings. The van der Waals surface area contributed by atoms with Gasteiger partial charge in [-0.3, -0.25) is 0 Å². The molecule has 0 aliphatic heterocycles. The monoisotopic (exact) mass is 355 g/mol. The highest BCUT2D eigenvalue weighted by atomic mass is 16.4. The van der Waals surface area contributed by atoms with E-state index in [4.69, 9.17) is 0 Å². The van der Waals surface area contributed by atoms with Gasteiger partial charge in [-0.2, -0.15) is 0 Å². The molecule has 0 saturated carbocycles. The van der Waals surface area contributed by atoms with Crippen molar-refractivity contribution >= 4 is 22.7 Å². The van der Waals surface area contributed by atoms with Gasteiger partial charge in [0.25, 0.3) is 0 Å². The Morgan fingerprint density at radius 3 is 2.44 bits per heavy atom. The fourth-order valence-corrected chi connectivity index (χ4v) is 3.05. The van der Waals surface area contributed by atoms with E-state index in [-0.39, 0.29) is 0 Å². The Morgan fingerprint density at radius 1 is 0.889 bits per heavy atom. The van der Waals surface area contributed by atoms with Crippen molar-refractivity contribution in [1.82, 2.24) is 9.97 Å². The highest BCUT2D eigenvalue weighted by Gasteiger charge is 2.10. The van der Waals surface area contributed by atoms with Gasteiger partial charge in [-0.05, 0) is 34.9 Å². The molecule has 132 valence electrons. The standard InChI is InChI=1S/C22H17N3O2/c26-22(27)18-6-2-1-5-17(18)16-11-9-15(10-12-16)13-23-21-19-7-3-4-8-20(19)24-14-25-21/h1-12,14H,13H2,(H,26,27)(H,23,24,25). The molecule has 1 aromatic heterocycles. The first-order valence-corrected chi connectivity index (χ1v) is 8.57. The van der Waals surface area contributed by atoms with Gasteiger partial charge in [-0.1, -0.05) is 54.6 Å². The number of rotatable bonds is 5. The van der Waals surface area contributed by atoms with E-state index >= 15 is 0 Å².